The summed E-state index contributed by atoms with van der Waals surface area (Å²) < 4.78 is 0. The van der Waals surface area contributed by atoms with Crippen molar-refractivity contribution in [1.82, 2.24) is 0 Å². The Labute approximate surface area is 83.1 Å². The predicted molar refractivity (Wildman–Crippen MR) is 57.6 cm³/mol. The molecule has 0 spiro atoms. The van der Waals surface area contributed by atoms with Gasteiger partial charge in [-0.25, -0.2) is 0 Å². The highest BCUT2D eigenvalue weighted by Gasteiger charge is 2.62. The third-order valence-electron chi connectivity index (χ3n) is 5.27. The van der Waals surface area contributed by atoms with Crippen molar-refractivity contribution in [2.24, 2.45) is 29.1 Å². The van der Waals surface area contributed by atoms with Gasteiger partial charge in [-0.1, -0.05) is 40.5 Å². The summed E-state index contributed by atoms with van der Waals surface area (Å²) in [5, 5.41) is 0. The van der Waals surface area contributed by atoms with E-state index in [-0.39, 0.29) is 0 Å². The van der Waals surface area contributed by atoms with E-state index in [9.17, 15) is 0 Å². The van der Waals surface area contributed by atoms with Crippen molar-refractivity contribution in [2.45, 2.75) is 53.4 Å². The molecule has 2 aliphatic rings. The molecule has 2 rings (SSSR count). The van der Waals surface area contributed by atoms with Crippen LogP contribution in [-0.4, -0.2) is 0 Å². The molecule has 0 heteroatoms. The van der Waals surface area contributed by atoms with Gasteiger partial charge in [-0.05, 0) is 41.9 Å². The van der Waals surface area contributed by atoms with Crippen LogP contribution in [0.5, 0.6) is 0 Å². The van der Waals surface area contributed by atoms with Gasteiger partial charge >= 0.3 is 0 Å². The highest BCUT2D eigenvalue weighted by atomic mass is 14.7. The first-order chi connectivity index (χ1) is 6.13. The predicted octanol–water partition coefficient (Wildman–Crippen LogP) is 4.10. The quantitative estimate of drug-likeness (QED) is 0.613. The van der Waals surface area contributed by atoms with Gasteiger partial charge in [0, 0.05) is 0 Å². The largest absolute Gasteiger partial charge is 0.0651 e. The summed E-state index contributed by atoms with van der Waals surface area (Å²) in [6.07, 6.45) is 5.86. The zero-order valence-corrected chi connectivity index (χ0v) is 9.64. The molecule has 0 amide bonds. The average molecular weight is 180 g/mol. The smallest absolute Gasteiger partial charge is 0.0266 e. The van der Waals surface area contributed by atoms with Crippen LogP contribution < -0.4 is 0 Å². The van der Waals surface area contributed by atoms with E-state index in [1.807, 2.05) is 0 Å². The van der Waals surface area contributed by atoms with E-state index >= 15 is 0 Å². The molecule has 76 valence electrons. The number of fused-ring (bicyclic) bond motifs is 1. The SMILES string of the molecule is CCC(CC)C1CC(C)C2(C)CC12. The summed E-state index contributed by atoms with van der Waals surface area (Å²) in [5.41, 5.74) is 0.771. The Morgan fingerprint density at radius 3 is 2.23 bits per heavy atom. The molecule has 0 heterocycles. The van der Waals surface area contributed by atoms with Crippen LogP contribution in [0.1, 0.15) is 53.4 Å². The number of hydrogen-bond acceptors (Lipinski definition) is 0. The number of rotatable bonds is 3. The maximum Gasteiger partial charge on any atom is -0.0266 e. The molecular formula is C13H24. The molecule has 4 atom stereocenters. The minimum absolute atomic E-state index is 0.771. The molecule has 0 saturated heterocycles. The van der Waals surface area contributed by atoms with E-state index < -0.39 is 0 Å². The molecule has 0 aromatic carbocycles. The molecule has 2 fully saturated rings. The first kappa shape index (κ1) is 9.55. The summed E-state index contributed by atoms with van der Waals surface area (Å²) in [5.74, 6) is 4.21. The summed E-state index contributed by atoms with van der Waals surface area (Å²) >= 11 is 0. The van der Waals surface area contributed by atoms with E-state index in [0.29, 0.717) is 0 Å². The van der Waals surface area contributed by atoms with Crippen molar-refractivity contribution in [2.75, 3.05) is 0 Å². The molecule has 0 bridgehead atoms. The Balaban J connectivity index is 2.04. The molecule has 0 aromatic heterocycles. The molecule has 13 heavy (non-hydrogen) atoms. The monoisotopic (exact) mass is 180 g/mol. The Morgan fingerprint density at radius 1 is 1.31 bits per heavy atom. The van der Waals surface area contributed by atoms with Crippen molar-refractivity contribution in [1.29, 1.82) is 0 Å². The fourth-order valence-electron chi connectivity index (χ4n) is 3.88. The molecule has 0 aromatic rings. The maximum absolute atomic E-state index is 2.52. The Bertz CT molecular complexity index is 190. The van der Waals surface area contributed by atoms with Crippen LogP contribution in [0.2, 0.25) is 0 Å². The van der Waals surface area contributed by atoms with Crippen LogP contribution in [0.4, 0.5) is 0 Å². The van der Waals surface area contributed by atoms with Gasteiger partial charge in [-0.2, -0.15) is 0 Å². The second kappa shape index (κ2) is 3.00. The molecule has 0 aliphatic heterocycles. The molecule has 2 aliphatic carbocycles. The Hall–Kier alpha value is 0. The van der Waals surface area contributed by atoms with Gasteiger partial charge in [0.15, 0.2) is 0 Å². The van der Waals surface area contributed by atoms with E-state index in [0.717, 1.165) is 29.1 Å². The Morgan fingerprint density at radius 2 is 1.92 bits per heavy atom. The van der Waals surface area contributed by atoms with Gasteiger partial charge in [0.1, 0.15) is 0 Å². The third kappa shape index (κ3) is 1.25. The second-order valence-corrected chi connectivity index (χ2v) is 5.69. The normalized spacial score (nSPS) is 48.2. The summed E-state index contributed by atoms with van der Waals surface area (Å²) in [4.78, 5) is 0. The fraction of sp³-hybridized carbons (Fsp3) is 1.00. The highest BCUT2D eigenvalue weighted by molar-refractivity contribution is 5.11. The van der Waals surface area contributed by atoms with Crippen molar-refractivity contribution in [3.05, 3.63) is 0 Å². The van der Waals surface area contributed by atoms with Crippen LogP contribution in [0.3, 0.4) is 0 Å². The van der Waals surface area contributed by atoms with Crippen LogP contribution in [0.25, 0.3) is 0 Å². The fourth-order valence-corrected chi connectivity index (χ4v) is 3.88. The van der Waals surface area contributed by atoms with Gasteiger partial charge in [0.05, 0.1) is 0 Å². The highest BCUT2D eigenvalue weighted by Crippen LogP contribution is 2.70. The van der Waals surface area contributed by atoms with Gasteiger partial charge in [-0.15, -0.1) is 0 Å². The van der Waals surface area contributed by atoms with Crippen molar-refractivity contribution < 1.29 is 0 Å². The van der Waals surface area contributed by atoms with Crippen molar-refractivity contribution in [3.8, 4) is 0 Å². The van der Waals surface area contributed by atoms with Crippen molar-refractivity contribution >= 4 is 0 Å². The first-order valence-electron chi connectivity index (χ1n) is 6.13. The lowest BCUT2D eigenvalue weighted by molar-refractivity contribution is 0.274. The van der Waals surface area contributed by atoms with E-state index in [2.05, 4.69) is 27.7 Å². The summed E-state index contributed by atoms with van der Waals surface area (Å²) in [6, 6.07) is 0. The van der Waals surface area contributed by atoms with Crippen LogP contribution in [-0.2, 0) is 0 Å². The van der Waals surface area contributed by atoms with Gasteiger partial charge < -0.3 is 0 Å². The van der Waals surface area contributed by atoms with Gasteiger partial charge in [-0.3, -0.25) is 0 Å². The van der Waals surface area contributed by atoms with E-state index in [4.69, 9.17) is 0 Å². The van der Waals surface area contributed by atoms with Crippen LogP contribution in [0.15, 0.2) is 0 Å². The Kier molecular flexibility index (Phi) is 2.20. The first-order valence-corrected chi connectivity index (χ1v) is 6.13. The molecule has 0 nitrogen and oxygen atoms in total. The lowest BCUT2D eigenvalue weighted by atomic mass is 9.83. The second-order valence-electron chi connectivity index (χ2n) is 5.69. The van der Waals surface area contributed by atoms with Crippen molar-refractivity contribution in [3.63, 3.8) is 0 Å². The molecular weight excluding hydrogens is 156 g/mol. The zero-order valence-electron chi connectivity index (χ0n) is 9.64. The standard InChI is InChI=1S/C13H24/c1-5-10(6-2)11-7-9(3)13(4)8-12(11)13/h9-12H,5-8H2,1-4H3. The maximum atomic E-state index is 2.52. The molecule has 4 unspecified atom stereocenters. The van der Waals surface area contributed by atoms with E-state index in [1.54, 1.807) is 0 Å². The number of hydrogen-bond donors (Lipinski definition) is 0. The van der Waals surface area contributed by atoms with Crippen LogP contribution >= 0.6 is 0 Å². The topological polar surface area (TPSA) is 0 Å². The molecule has 0 radical (unpaired) electrons. The van der Waals surface area contributed by atoms with E-state index in [1.165, 1.54) is 25.7 Å². The minimum atomic E-state index is 0.771. The lowest BCUT2D eigenvalue weighted by Crippen LogP contribution is -2.13. The third-order valence-corrected chi connectivity index (χ3v) is 5.27. The minimum Gasteiger partial charge on any atom is -0.0651 e. The zero-order chi connectivity index (χ0) is 9.64. The summed E-state index contributed by atoms with van der Waals surface area (Å²) in [6.45, 7) is 9.74. The van der Waals surface area contributed by atoms with Crippen LogP contribution in [0, 0.1) is 29.1 Å². The molecule has 2 saturated carbocycles. The lowest BCUT2D eigenvalue weighted by Gasteiger charge is -2.22. The van der Waals surface area contributed by atoms with Gasteiger partial charge in [0.2, 0.25) is 0 Å². The average Bonchev–Trinajstić information content (AvgIpc) is 2.73. The molecule has 0 N–H and O–H groups in total. The summed E-state index contributed by atoms with van der Waals surface area (Å²) in [7, 11) is 0. The van der Waals surface area contributed by atoms with Gasteiger partial charge in [0.25, 0.3) is 0 Å².